The van der Waals surface area contributed by atoms with Crippen molar-refractivity contribution in [3.63, 3.8) is 0 Å². The van der Waals surface area contributed by atoms with Crippen LogP contribution in [0.15, 0.2) is 91.0 Å². The molecule has 1 aliphatic carbocycles. The predicted octanol–water partition coefficient (Wildman–Crippen LogP) is 6.87. The van der Waals surface area contributed by atoms with E-state index in [-0.39, 0.29) is 5.54 Å². The molecule has 2 heteroatoms. The number of H-pyrrole nitrogens is 1. The molecule has 0 saturated heterocycles. The number of fused-ring (bicyclic) bond motifs is 1. The topological polar surface area (TPSA) is 19.0 Å². The minimum atomic E-state index is 0.177. The van der Waals surface area contributed by atoms with Gasteiger partial charge in [0.1, 0.15) is 0 Å². The Balaban J connectivity index is 1.49. The maximum absolute atomic E-state index is 3.78. The van der Waals surface area contributed by atoms with Crippen molar-refractivity contribution in [2.24, 2.45) is 0 Å². The Kier molecular flexibility index (Phi) is 5.71. The van der Waals surface area contributed by atoms with Gasteiger partial charge in [0.05, 0.1) is 0 Å². The van der Waals surface area contributed by atoms with Gasteiger partial charge in [0.2, 0.25) is 0 Å². The molecule has 0 radical (unpaired) electrons. The number of allylic oxidation sites excluding steroid dienone is 1. The highest BCUT2D eigenvalue weighted by atomic mass is 15.1. The molecule has 1 aromatic heterocycles. The molecule has 32 heavy (non-hydrogen) atoms. The zero-order valence-corrected chi connectivity index (χ0v) is 19.1. The van der Waals surface area contributed by atoms with Crippen LogP contribution in [0.4, 0.5) is 0 Å². The molecule has 1 N–H and O–H groups in total. The summed E-state index contributed by atoms with van der Waals surface area (Å²) in [7, 11) is 4.48. The average molecular weight is 421 g/mol. The monoisotopic (exact) mass is 420 g/mol. The van der Waals surface area contributed by atoms with Gasteiger partial charge in [-0.05, 0) is 68.1 Å². The first kappa shape index (κ1) is 20.8. The summed E-state index contributed by atoms with van der Waals surface area (Å²) in [5.41, 5.74) is 8.44. The SMILES string of the molecule is CN(C)C1(Cc2ccccc2)CC=C(c2[nH]c3ccccc3c2Cc2ccccc2)CC1. The molecule has 0 aliphatic heterocycles. The van der Waals surface area contributed by atoms with Gasteiger partial charge in [-0.25, -0.2) is 0 Å². The third-order valence-electron chi connectivity index (χ3n) is 7.27. The molecule has 1 heterocycles. The van der Waals surface area contributed by atoms with E-state index < -0.39 is 0 Å². The highest BCUT2D eigenvalue weighted by molar-refractivity contribution is 5.89. The van der Waals surface area contributed by atoms with Gasteiger partial charge in [-0.3, -0.25) is 0 Å². The van der Waals surface area contributed by atoms with E-state index in [1.807, 2.05) is 0 Å². The average Bonchev–Trinajstić information content (AvgIpc) is 3.19. The normalized spacial score (nSPS) is 18.8. The van der Waals surface area contributed by atoms with Gasteiger partial charge in [-0.1, -0.05) is 84.9 Å². The van der Waals surface area contributed by atoms with Crippen molar-refractivity contribution in [1.82, 2.24) is 9.88 Å². The molecule has 1 aliphatic rings. The number of hydrogen-bond donors (Lipinski definition) is 1. The van der Waals surface area contributed by atoms with Crippen molar-refractivity contribution in [2.75, 3.05) is 14.1 Å². The highest BCUT2D eigenvalue weighted by Gasteiger charge is 2.35. The lowest BCUT2D eigenvalue weighted by Gasteiger charge is -2.42. The standard InChI is InChI=1S/C30H32N2/c1-32(2)30(22-24-13-7-4-8-14-24)19-17-25(18-20-30)29-27(21-23-11-5-3-6-12-23)26-15-9-10-16-28(26)31-29/h3-17,31H,18-22H2,1-2H3. The van der Waals surface area contributed by atoms with Crippen molar-refractivity contribution < 1.29 is 0 Å². The van der Waals surface area contributed by atoms with Gasteiger partial charge in [0.15, 0.2) is 0 Å². The van der Waals surface area contributed by atoms with Gasteiger partial charge in [-0.15, -0.1) is 0 Å². The Morgan fingerprint density at radius 3 is 2.12 bits per heavy atom. The van der Waals surface area contributed by atoms with Gasteiger partial charge in [0.25, 0.3) is 0 Å². The van der Waals surface area contributed by atoms with E-state index in [1.54, 1.807) is 0 Å². The summed E-state index contributed by atoms with van der Waals surface area (Å²) < 4.78 is 0. The van der Waals surface area contributed by atoms with E-state index >= 15 is 0 Å². The molecule has 0 fully saturated rings. The van der Waals surface area contributed by atoms with Crippen LogP contribution in [0, 0.1) is 0 Å². The van der Waals surface area contributed by atoms with Crippen LogP contribution in [0.1, 0.15) is 41.6 Å². The first-order valence-corrected chi connectivity index (χ1v) is 11.7. The quantitative estimate of drug-likeness (QED) is 0.361. The highest BCUT2D eigenvalue weighted by Crippen LogP contribution is 2.40. The summed E-state index contributed by atoms with van der Waals surface area (Å²) in [4.78, 5) is 6.23. The summed E-state index contributed by atoms with van der Waals surface area (Å²) >= 11 is 0. The number of likely N-dealkylation sites (N-methyl/N-ethyl adjacent to an activating group) is 1. The predicted molar refractivity (Wildman–Crippen MR) is 136 cm³/mol. The number of para-hydroxylation sites is 1. The van der Waals surface area contributed by atoms with Crippen molar-refractivity contribution >= 4 is 16.5 Å². The Labute approximate surface area is 191 Å². The fraction of sp³-hybridized carbons (Fsp3) is 0.267. The smallest absolute Gasteiger partial charge is 0.0461 e. The summed E-state index contributed by atoms with van der Waals surface area (Å²) in [6.07, 6.45) is 7.89. The molecule has 5 rings (SSSR count). The van der Waals surface area contributed by atoms with Crippen LogP contribution in [-0.2, 0) is 12.8 Å². The lowest BCUT2D eigenvalue weighted by atomic mass is 9.76. The molecule has 1 atom stereocenters. The van der Waals surface area contributed by atoms with Crippen LogP contribution in [-0.4, -0.2) is 29.5 Å². The molecule has 4 aromatic rings. The van der Waals surface area contributed by atoms with E-state index in [0.717, 1.165) is 25.7 Å². The number of nitrogens with zero attached hydrogens (tertiary/aromatic N) is 1. The fourth-order valence-electron chi connectivity index (χ4n) is 5.27. The Bertz CT molecular complexity index is 1220. The molecule has 3 aromatic carbocycles. The second-order valence-corrected chi connectivity index (χ2v) is 9.40. The Hall–Kier alpha value is -3.10. The number of aromatic nitrogens is 1. The third kappa shape index (κ3) is 4.03. The minimum Gasteiger partial charge on any atom is -0.355 e. The van der Waals surface area contributed by atoms with E-state index in [4.69, 9.17) is 0 Å². The number of hydrogen-bond acceptors (Lipinski definition) is 1. The lowest BCUT2D eigenvalue weighted by molar-refractivity contribution is 0.138. The fourth-order valence-corrected chi connectivity index (χ4v) is 5.27. The first-order valence-electron chi connectivity index (χ1n) is 11.7. The van der Waals surface area contributed by atoms with E-state index in [0.29, 0.717) is 0 Å². The molecule has 1 unspecified atom stereocenters. The zero-order chi connectivity index (χ0) is 22.0. The molecular weight excluding hydrogens is 388 g/mol. The molecule has 162 valence electrons. The molecule has 2 nitrogen and oxygen atoms in total. The Morgan fingerprint density at radius 1 is 0.812 bits per heavy atom. The van der Waals surface area contributed by atoms with E-state index in [1.165, 1.54) is 45.3 Å². The second-order valence-electron chi connectivity index (χ2n) is 9.40. The van der Waals surface area contributed by atoms with Crippen LogP contribution >= 0.6 is 0 Å². The summed E-state index contributed by atoms with van der Waals surface area (Å²) in [5, 5.41) is 1.35. The van der Waals surface area contributed by atoms with Crippen molar-refractivity contribution in [3.8, 4) is 0 Å². The Morgan fingerprint density at radius 2 is 1.47 bits per heavy atom. The second kappa shape index (κ2) is 8.80. The zero-order valence-electron chi connectivity index (χ0n) is 19.1. The minimum absolute atomic E-state index is 0.177. The summed E-state index contributed by atoms with van der Waals surface area (Å²) in [6, 6.07) is 30.5. The van der Waals surface area contributed by atoms with Crippen LogP contribution in [0.3, 0.4) is 0 Å². The van der Waals surface area contributed by atoms with Gasteiger partial charge >= 0.3 is 0 Å². The number of aromatic amines is 1. The van der Waals surface area contributed by atoms with Crippen LogP contribution < -0.4 is 0 Å². The number of benzene rings is 3. The summed E-state index contributed by atoms with van der Waals surface area (Å²) in [6.45, 7) is 0. The van der Waals surface area contributed by atoms with Crippen molar-refractivity contribution in [2.45, 2.75) is 37.6 Å². The molecule has 0 spiro atoms. The number of nitrogens with one attached hydrogen (secondary N) is 1. The number of rotatable bonds is 6. The van der Waals surface area contributed by atoms with Crippen LogP contribution in [0.2, 0.25) is 0 Å². The van der Waals surface area contributed by atoms with Gasteiger partial charge < -0.3 is 9.88 Å². The lowest BCUT2D eigenvalue weighted by Crippen LogP contribution is -2.47. The maximum Gasteiger partial charge on any atom is 0.0461 e. The van der Waals surface area contributed by atoms with Crippen molar-refractivity contribution in [1.29, 1.82) is 0 Å². The van der Waals surface area contributed by atoms with Crippen molar-refractivity contribution in [3.05, 3.63) is 113 Å². The maximum atomic E-state index is 3.78. The molecular formula is C30H32N2. The van der Waals surface area contributed by atoms with E-state index in [9.17, 15) is 0 Å². The van der Waals surface area contributed by atoms with Gasteiger partial charge in [0, 0.05) is 28.6 Å². The largest absolute Gasteiger partial charge is 0.355 e. The third-order valence-corrected chi connectivity index (χ3v) is 7.27. The first-order chi connectivity index (χ1) is 15.6. The van der Waals surface area contributed by atoms with E-state index in [2.05, 4.69) is 115 Å². The van der Waals surface area contributed by atoms with Crippen LogP contribution in [0.25, 0.3) is 16.5 Å². The molecule has 0 bridgehead atoms. The van der Waals surface area contributed by atoms with Gasteiger partial charge in [-0.2, -0.15) is 0 Å². The molecule has 0 amide bonds. The van der Waals surface area contributed by atoms with Crippen LogP contribution in [0.5, 0.6) is 0 Å². The molecule has 0 saturated carbocycles. The summed E-state index contributed by atoms with van der Waals surface area (Å²) in [5.74, 6) is 0.